The number of anilines is 1. The molecule has 2 amide bonds. The SMILES string of the molecule is O=C(Nc1ccc(C2(C(=O)NCCC(F)(F)F)COC2)cc1)c1cccc(Cl)c1. The molecule has 2 N–H and O–H groups in total. The zero-order valence-electron chi connectivity index (χ0n) is 15.2. The Kier molecular flexibility index (Phi) is 6.14. The summed E-state index contributed by atoms with van der Waals surface area (Å²) >= 11 is 5.88. The molecule has 0 bridgehead atoms. The minimum Gasteiger partial charge on any atom is -0.378 e. The highest BCUT2D eigenvalue weighted by molar-refractivity contribution is 6.31. The van der Waals surface area contributed by atoms with Gasteiger partial charge in [0.05, 0.1) is 19.6 Å². The van der Waals surface area contributed by atoms with Gasteiger partial charge in [0.15, 0.2) is 0 Å². The second-order valence-corrected chi connectivity index (χ2v) is 7.17. The highest BCUT2D eigenvalue weighted by Crippen LogP contribution is 2.33. The van der Waals surface area contributed by atoms with Gasteiger partial charge in [0, 0.05) is 22.8 Å². The number of carbonyl (C=O) groups excluding carboxylic acids is 2. The number of hydrogen-bond acceptors (Lipinski definition) is 3. The number of halogens is 4. The van der Waals surface area contributed by atoms with Crippen LogP contribution in [0.4, 0.5) is 18.9 Å². The Morgan fingerprint density at radius 1 is 1.10 bits per heavy atom. The number of alkyl halides is 3. The summed E-state index contributed by atoms with van der Waals surface area (Å²) < 4.78 is 42.1. The van der Waals surface area contributed by atoms with Crippen molar-refractivity contribution in [2.45, 2.75) is 18.0 Å². The quantitative estimate of drug-likeness (QED) is 0.735. The van der Waals surface area contributed by atoms with Crippen molar-refractivity contribution in [1.82, 2.24) is 5.32 Å². The lowest BCUT2D eigenvalue weighted by Gasteiger charge is -2.40. The fourth-order valence-corrected chi connectivity index (χ4v) is 3.12. The monoisotopic (exact) mass is 426 g/mol. The van der Waals surface area contributed by atoms with Gasteiger partial charge >= 0.3 is 6.18 Å². The molecule has 1 aliphatic rings. The van der Waals surface area contributed by atoms with E-state index >= 15 is 0 Å². The Morgan fingerprint density at radius 3 is 2.34 bits per heavy atom. The van der Waals surface area contributed by atoms with Crippen LogP contribution in [0.2, 0.25) is 5.02 Å². The summed E-state index contributed by atoms with van der Waals surface area (Å²) in [5.41, 5.74) is 0.483. The molecule has 0 unspecified atom stereocenters. The van der Waals surface area contributed by atoms with Crippen LogP contribution < -0.4 is 10.6 Å². The average molecular weight is 427 g/mol. The van der Waals surface area contributed by atoms with Gasteiger partial charge < -0.3 is 15.4 Å². The zero-order chi connectivity index (χ0) is 21.1. The van der Waals surface area contributed by atoms with Crippen LogP contribution in [0.1, 0.15) is 22.3 Å². The molecule has 0 atom stereocenters. The number of benzene rings is 2. The maximum Gasteiger partial charge on any atom is 0.390 e. The third-order valence-electron chi connectivity index (χ3n) is 4.61. The van der Waals surface area contributed by atoms with Crippen LogP contribution in [0.25, 0.3) is 0 Å². The Morgan fingerprint density at radius 2 is 1.79 bits per heavy atom. The van der Waals surface area contributed by atoms with Crippen LogP contribution in [0.5, 0.6) is 0 Å². The summed E-state index contributed by atoms with van der Waals surface area (Å²) in [7, 11) is 0. The van der Waals surface area contributed by atoms with Crippen molar-refractivity contribution in [2.24, 2.45) is 0 Å². The van der Waals surface area contributed by atoms with Crippen molar-refractivity contribution >= 4 is 29.1 Å². The molecule has 1 aliphatic heterocycles. The molecule has 1 saturated heterocycles. The Bertz CT molecular complexity index is 897. The fourth-order valence-electron chi connectivity index (χ4n) is 2.93. The minimum atomic E-state index is -4.33. The molecule has 0 radical (unpaired) electrons. The first kappa shape index (κ1) is 21.1. The summed E-state index contributed by atoms with van der Waals surface area (Å²) in [5, 5.41) is 5.50. The molecule has 0 aromatic heterocycles. The average Bonchev–Trinajstić information content (AvgIpc) is 2.61. The van der Waals surface area contributed by atoms with Crippen LogP contribution in [0, 0.1) is 0 Å². The number of carbonyl (C=O) groups is 2. The van der Waals surface area contributed by atoms with Crippen molar-refractivity contribution in [3.05, 3.63) is 64.7 Å². The van der Waals surface area contributed by atoms with Gasteiger partial charge in [-0.25, -0.2) is 0 Å². The smallest absolute Gasteiger partial charge is 0.378 e. The van der Waals surface area contributed by atoms with E-state index < -0.39 is 30.5 Å². The first-order chi connectivity index (χ1) is 13.7. The van der Waals surface area contributed by atoms with E-state index in [1.807, 2.05) is 0 Å². The van der Waals surface area contributed by atoms with Gasteiger partial charge in [0.1, 0.15) is 5.41 Å². The topological polar surface area (TPSA) is 67.4 Å². The van der Waals surface area contributed by atoms with Crippen molar-refractivity contribution in [2.75, 3.05) is 25.1 Å². The molecule has 0 aliphatic carbocycles. The highest BCUT2D eigenvalue weighted by Gasteiger charge is 2.47. The predicted octanol–water partition coefficient (Wildman–Crippen LogP) is 3.93. The van der Waals surface area contributed by atoms with Gasteiger partial charge in [-0.3, -0.25) is 9.59 Å². The normalized spacial score (nSPS) is 15.3. The summed E-state index contributed by atoms with van der Waals surface area (Å²) in [6.07, 6.45) is -5.43. The summed E-state index contributed by atoms with van der Waals surface area (Å²) in [5.74, 6) is -0.851. The first-order valence-electron chi connectivity index (χ1n) is 8.80. The molecular formula is C20H18ClF3N2O3. The zero-order valence-corrected chi connectivity index (χ0v) is 15.9. The molecule has 9 heteroatoms. The first-order valence-corrected chi connectivity index (χ1v) is 9.18. The van der Waals surface area contributed by atoms with Crippen molar-refractivity contribution in [1.29, 1.82) is 0 Å². The van der Waals surface area contributed by atoms with Gasteiger partial charge in [-0.2, -0.15) is 13.2 Å². The largest absolute Gasteiger partial charge is 0.390 e. The highest BCUT2D eigenvalue weighted by atomic mass is 35.5. The maximum atomic E-state index is 12.5. The van der Waals surface area contributed by atoms with Gasteiger partial charge in [-0.05, 0) is 35.9 Å². The third kappa shape index (κ3) is 5.07. The van der Waals surface area contributed by atoms with E-state index in [1.54, 1.807) is 42.5 Å². The van der Waals surface area contributed by atoms with E-state index in [0.29, 0.717) is 21.8 Å². The molecule has 2 aromatic rings. The molecule has 1 heterocycles. The van der Waals surface area contributed by atoms with E-state index in [1.165, 1.54) is 6.07 Å². The number of nitrogens with one attached hydrogen (secondary N) is 2. The summed E-state index contributed by atoms with van der Waals surface area (Å²) in [4.78, 5) is 24.7. The van der Waals surface area contributed by atoms with Crippen LogP contribution in [-0.4, -0.2) is 37.7 Å². The molecule has 5 nitrogen and oxygen atoms in total. The van der Waals surface area contributed by atoms with Gasteiger partial charge in [-0.1, -0.05) is 29.8 Å². The Balaban J connectivity index is 1.66. The number of amides is 2. The van der Waals surface area contributed by atoms with E-state index in [9.17, 15) is 22.8 Å². The lowest BCUT2D eigenvalue weighted by Crippen LogP contribution is -2.57. The maximum absolute atomic E-state index is 12.5. The molecule has 0 spiro atoms. The van der Waals surface area contributed by atoms with Crippen LogP contribution in [0.15, 0.2) is 48.5 Å². The molecule has 2 aromatic carbocycles. The molecule has 29 heavy (non-hydrogen) atoms. The van der Waals surface area contributed by atoms with E-state index in [-0.39, 0.29) is 19.1 Å². The number of hydrogen-bond donors (Lipinski definition) is 2. The summed E-state index contributed by atoms with van der Waals surface area (Å²) in [6, 6.07) is 13.0. The van der Waals surface area contributed by atoms with Crippen molar-refractivity contribution in [3.8, 4) is 0 Å². The molecule has 3 rings (SSSR count). The lowest BCUT2D eigenvalue weighted by atomic mass is 9.77. The lowest BCUT2D eigenvalue weighted by molar-refractivity contribution is -0.148. The number of ether oxygens (including phenoxy) is 1. The predicted molar refractivity (Wildman–Crippen MR) is 102 cm³/mol. The molecule has 154 valence electrons. The van der Waals surface area contributed by atoms with Gasteiger partial charge in [0.2, 0.25) is 5.91 Å². The van der Waals surface area contributed by atoms with Crippen LogP contribution in [0.3, 0.4) is 0 Å². The Hall–Kier alpha value is -2.58. The second-order valence-electron chi connectivity index (χ2n) is 6.74. The van der Waals surface area contributed by atoms with Crippen LogP contribution in [-0.2, 0) is 14.9 Å². The van der Waals surface area contributed by atoms with E-state index in [4.69, 9.17) is 16.3 Å². The standard InChI is InChI=1S/C20H18ClF3N2O3/c21-15-3-1-2-13(10-15)17(27)26-16-6-4-14(5-7-16)19(11-29-12-19)18(28)25-9-8-20(22,23)24/h1-7,10H,8-9,11-12H2,(H,25,28)(H,26,27). The minimum absolute atomic E-state index is 0.0824. The van der Waals surface area contributed by atoms with E-state index in [0.717, 1.165) is 0 Å². The molecular weight excluding hydrogens is 409 g/mol. The molecule has 0 saturated carbocycles. The third-order valence-corrected chi connectivity index (χ3v) is 4.84. The Labute approximate surface area is 170 Å². The van der Waals surface area contributed by atoms with Crippen LogP contribution >= 0.6 is 11.6 Å². The van der Waals surface area contributed by atoms with Crippen molar-refractivity contribution < 1.29 is 27.5 Å². The number of rotatable bonds is 6. The van der Waals surface area contributed by atoms with Gasteiger partial charge in [0.25, 0.3) is 5.91 Å². The van der Waals surface area contributed by atoms with Gasteiger partial charge in [-0.15, -0.1) is 0 Å². The molecule has 1 fully saturated rings. The summed E-state index contributed by atoms with van der Waals surface area (Å²) in [6.45, 7) is -0.323. The second kappa shape index (κ2) is 8.42. The fraction of sp³-hybridized carbons (Fsp3) is 0.300. The van der Waals surface area contributed by atoms with Crippen molar-refractivity contribution in [3.63, 3.8) is 0 Å². The van der Waals surface area contributed by atoms with E-state index in [2.05, 4.69) is 10.6 Å².